The summed E-state index contributed by atoms with van der Waals surface area (Å²) >= 11 is 7.23. The van der Waals surface area contributed by atoms with E-state index in [0.29, 0.717) is 21.1 Å². The van der Waals surface area contributed by atoms with Gasteiger partial charge >= 0.3 is 0 Å². The lowest BCUT2D eigenvalue weighted by Gasteiger charge is -2.06. The topological polar surface area (TPSA) is 47.2 Å². The summed E-state index contributed by atoms with van der Waals surface area (Å²) in [5, 5.41) is 6.04. The van der Waals surface area contributed by atoms with Gasteiger partial charge in [0, 0.05) is 5.02 Å². The molecule has 0 saturated heterocycles. The molecule has 4 nitrogen and oxygen atoms in total. The van der Waals surface area contributed by atoms with Crippen molar-refractivity contribution < 1.29 is 0 Å². The lowest BCUT2D eigenvalue weighted by atomic mass is 10.2. The maximum atomic E-state index is 12.6. The van der Waals surface area contributed by atoms with Crippen LogP contribution < -0.4 is 5.56 Å². The van der Waals surface area contributed by atoms with E-state index in [1.807, 2.05) is 36.6 Å². The molecule has 1 aromatic heterocycles. The fourth-order valence-corrected chi connectivity index (χ4v) is 2.63. The number of rotatable bonds is 3. The molecular weight excluding hydrogens is 318 g/mol. The van der Waals surface area contributed by atoms with E-state index in [1.54, 1.807) is 24.4 Å². The quantitative estimate of drug-likeness (QED) is 0.418. The van der Waals surface area contributed by atoms with Crippen LogP contribution in [0, 0.1) is 0 Å². The van der Waals surface area contributed by atoms with Crippen LogP contribution in [-0.2, 0) is 0 Å². The van der Waals surface area contributed by atoms with Gasteiger partial charge in [0.2, 0.25) is 0 Å². The molecule has 6 heteroatoms. The Kier molecular flexibility index (Phi) is 4.27. The molecule has 0 saturated carbocycles. The standard InChI is InChI=1S/C16H12ClN3OS/c1-22-16-19-14-5-3-2-4-13(14)15(21)20(16)18-10-11-6-8-12(17)9-7-11/h2-10H,1H3/b18-10-. The highest BCUT2D eigenvalue weighted by Crippen LogP contribution is 2.15. The largest absolute Gasteiger partial charge is 0.282 e. The van der Waals surface area contributed by atoms with Crippen LogP contribution in [0.2, 0.25) is 5.02 Å². The number of fused-ring (bicyclic) bond motifs is 1. The molecule has 0 spiro atoms. The summed E-state index contributed by atoms with van der Waals surface area (Å²) in [5.74, 6) is 0. The van der Waals surface area contributed by atoms with Gasteiger partial charge < -0.3 is 0 Å². The molecule has 0 unspecified atom stereocenters. The van der Waals surface area contributed by atoms with Gasteiger partial charge in [-0.1, -0.05) is 47.6 Å². The number of para-hydroxylation sites is 1. The van der Waals surface area contributed by atoms with Crippen molar-refractivity contribution in [2.75, 3.05) is 6.26 Å². The van der Waals surface area contributed by atoms with E-state index >= 15 is 0 Å². The van der Waals surface area contributed by atoms with Crippen LogP contribution in [0.1, 0.15) is 5.56 Å². The van der Waals surface area contributed by atoms with Gasteiger partial charge in [-0.3, -0.25) is 4.79 Å². The summed E-state index contributed by atoms with van der Waals surface area (Å²) in [6.07, 6.45) is 3.48. The van der Waals surface area contributed by atoms with E-state index in [2.05, 4.69) is 10.1 Å². The fourth-order valence-electron chi connectivity index (χ4n) is 2.01. The normalized spacial score (nSPS) is 11.4. The summed E-state index contributed by atoms with van der Waals surface area (Å²) in [4.78, 5) is 17.0. The molecule has 22 heavy (non-hydrogen) atoms. The van der Waals surface area contributed by atoms with Crippen molar-refractivity contribution in [3.8, 4) is 0 Å². The highest BCUT2D eigenvalue weighted by molar-refractivity contribution is 7.98. The number of hydrogen-bond acceptors (Lipinski definition) is 4. The van der Waals surface area contributed by atoms with Crippen molar-refractivity contribution in [2.45, 2.75) is 5.16 Å². The number of thioether (sulfide) groups is 1. The predicted octanol–water partition coefficient (Wildman–Crippen LogP) is 3.65. The van der Waals surface area contributed by atoms with Crippen LogP contribution in [0.15, 0.2) is 63.6 Å². The monoisotopic (exact) mass is 329 g/mol. The van der Waals surface area contributed by atoms with Crippen LogP contribution >= 0.6 is 23.4 Å². The van der Waals surface area contributed by atoms with Gasteiger partial charge in [-0.25, -0.2) is 4.98 Å². The third kappa shape index (κ3) is 2.91. The summed E-state index contributed by atoms with van der Waals surface area (Å²) < 4.78 is 1.32. The molecule has 2 aromatic carbocycles. The van der Waals surface area contributed by atoms with Crippen molar-refractivity contribution in [3.63, 3.8) is 0 Å². The summed E-state index contributed by atoms with van der Waals surface area (Å²) in [6, 6.07) is 14.5. The van der Waals surface area contributed by atoms with Crippen molar-refractivity contribution >= 4 is 40.5 Å². The van der Waals surface area contributed by atoms with Crippen LogP contribution in [0.3, 0.4) is 0 Å². The summed E-state index contributed by atoms with van der Waals surface area (Å²) in [5.41, 5.74) is 1.35. The third-order valence-electron chi connectivity index (χ3n) is 3.10. The molecule has 0 aliphatic carbocycles. The van der Waals surface area contributed by atoms with Crippen molar-refractivity contribution in [1.29, 1.82) is 0 Å². The highest BCUT2D eigenvalue weighted by atomic mass is 35.5. The molecule has 3 aromatic rings. The Morgan fingerprint density at radius 1 is 1.18 bits per heavy atom. The van der Waals surface area contributed by atoms with Gasteiger partial charge in [0.15, 0.2) is 5.16 Å². The summed E-state index contributed by atoms with van der Waals surface area (Å²) in [7, 11) is 0. The lowest BCUT2D eigenvalue weighted by molar-refractivity contribution is 0.708. The molecule has 0 fully saturated rings. The number of aromatic nitrogens is 2. The Balaban J connectivity index is 2.11. The zero-order valence-corrected chi connectivity index (χ0v) is 13.3. The van der Waals surface area contributed by atoms with Crippen LogP contribution in [0.4, 0.5) is 0 Å². The number of halogens is 1. The van der Waals surface area contributed by atoms with Crippen LogP contribution in [0.25, 0.3) is 10.9 Å². The van der Waals surface area contributed by atoms with E-state index < -0.39 is 0 Å². The minimum Gasteiger partial charge on any atom is -0.267 e. The second-order valence-corrected chi connectivity index (χ2v) is 5.74. The molecule has 0 amide bonds. The Hall–Kier alpha value is -2.11. The molecule has 0 radical (unpaired) electrons. The Morgan fingerprint density at radius 2 is 1.91 bits per heavy atom. The molecule has 0 atom stereocenters. The number of hydrogen-bond donors (Lipinski definition) is 0. The number of nitrogens with zero attached hydrogens (tertiary/aromatic N) is 3. The summed E-state index contributed by atoms with van der Waals surface area (Å²) in [6.45, 7) is 0. The highest BCUT2D eigenvalue weighted by Gasteiger charge is 2.08. The first-order valence-corrected chi connectivity index (χ1v) is 8.15. The van der Waals surface area contributed by atoms with Gasteiger partial charge in [-0.15, -0.1) is 0 Å². The van der Waals surface area contributed by atoms with E-state index in [1.165, 1.54) is 16.4 Å². The molecular formula is C16H12ClN3OS. The Morgan fingerprint density at radius 3 is 2.64 bits per heavy atom. The zero-order chi connectivity index (χ0) is 15.5. The maximum Gasteiger partial charge on any atom is 0.282 e. The van der Waals surface area contributed by atoms with E-state index in [9.17, 15) is 4.79 Å². The minimum absolute atomic E-state index is 0.180. The van der Waals surface area contributed by atoms with Gasteiger partial charge in [-0.2, -0.15) is 9.78 Å². The SMILES string of the molecule is CSc1nc2ccccc2c(=O)n1/N=C\c1ccc(Cl)cc1. The molecule has 0 aliphatic heterocycles. The smallest absolute Gasteiger partial charge is 0.267 e. The molecule has 0 aliphatic rings. The molecule has 110 valence electrons. The second-order valence-electron chi connectivity index (χ2n) is 4.53. The van der Waals surface area contributed by atoms with Gasteiger partial charge in [-0.05, 0) is 36.1 Å². The first kappa shape index (κ1) is 14.8. The van der Waals surface area contributed by atoms with Crippen molar-refractivity contribution in [1.82, 2.24) is 9.66 Å². The van der Waals surface area contributed by atoms with Gasteiger partial charge in [0.05, 0.1) is 17.1 Å². The lowest BCUT2D eigenvalue weighted by Crippen LogP contribution is -2.19. The molecule has 0 bridgehead atoms. The van der Waals surface area contributed by atoms with E-state index in [4.69, 9.17) is 11.6 Å². The zero-order valence-electron chi connectivity index (χ0n) is 11.7. The first-order chi connectivity index (χ1) is 10.7. The van der Waals surface area contributed by atoms with Crippen molar-refractivity contribution in [3.05, 3.63) is 69.5 Å². The average Bonchev–Trinajstić information content (AvgIpc) is 2.55. The predicted molar refractivity (Wildman–Crippen MR) is 92.2 cm³/mol. The van der Waals surface area contributed by atoms with Crippen molar-refractivity contribution in [2.24, 2.45) is 5.10 Å². The average molecular weight is 330 g/mol. The first-order valence-electron chi connectivity index (χ1n) is 6.55. The number of benzene rings is 2. The van der Waals surface area contributed by atoms with E-state index in [0.717, 1.165) is 5.56 Å². The van der Waals surface area contributed by atoms with Gasteiger partial charge in [0.1, 0.15) is 0 Å². The Labute approximate surface area is 136 Å². The Bertz CT molecular complexity index is 903. The fraction of sp³-hybridized carbons (Fsp3) is 0.0625. The molecule has 3 rings (SSSR count). The van der Waals surface area contributed by atoms with Crippen LogP contribution in [-0.4, -0.2) is 22.1 Å². The van der Waals surface area contributed by atoms with Crippen LogP contribution in [0.5, 0.6) is 0 Å². The van der Waals surface area contributed by atoms with Gasteiger partial charge in [0.25, 0.3) is 5.56 Å². The maximum absolute atomic E-state index is 12.6. The van der Waals surface area contributed by atoms with E-state index in [-0.39, 0.29) is 5.56 Å². The second kappa shape index (κ2) is 6.34. The molecule has 0 N–H and O–H groups in total. The minimum atomic E-state index is -0.180. The third-order valence-corrected chi connectivity index (χ3v) is 3.98. The molecule has 1 heterocycles.